The van der Waals surface area contributed by atoms with Crippen LogP contribution < -0.4 is 0 Å². The van der Waals surface area contributed by atoms with Crippen LogP contribution in [0.25, 0.3) is 0 Å². The number of hydrogen-bond donors (Lipinski definition) is 0. The number of hydrogen-bond acceptors (Lipinski definition) is 2. The van der Waals surface area contributed by atoms with Crippen molar-refractivity contribution in [3.05, 3.63) is 0 Å². The van der Waals surface area contributed by atoms with Crippen LogP contribution >= 0.6 is 0 Å². The molecule has 2 atom stereocenters. The average Bonchev–Trinajstić information content (AvgIpc) is 2.15. The van der Waals surface area contributed by atoms with Crippen LogP contribution in [0.2, 0.25) is 0 Å². The van der Waals surface area contributed by atoms with Crippen LogP contribution in [-0.2, 0) is 9.53 Å². The highest BCUT2D eigenvalue weighted by Crippen LogP contribution is 2.41. The number of halogens is 3. The molecule has 1 aliphatic carbocycles. The normalized spacial score (nSPS) is 26.9. The highest BCUT2D eigenvalue weighted by Gasteiger charge is 2.48. The lowest BCUT2D eigenvalue weighted by Gasteiger charge is -2.31. The van der Waals surface area contributed by atoms with Gasteiger partial charge in [-0.15, -0.1) is 0 Å². The van der Waals surface area contributed by atoms with E-state index >= 15 is 0 Å². The van der Waals surface area contributed by atoms with Crippen LogP contribution in [0, 0.1) is 11.8 Å². The molecule has 16 heavy (non-hydrogen) atoms. The smallest absolute Gasteiger partial charge is 0.392 e. The highest BCUT2D eigenvalue weighted by atomic mass is 19.4. The molecule has 1 saturated carbocycles. The summed E-state index contributed by atoms with van der Waals surface area (Å²) in [6.45, 7) is 3.28. The van der Waals surface area contributed by atoms with Gasteiger partial charge < -0.3 is 4.74 Å². The van der Waals surface area contributed by atoms with Crippen molar-refractivity contribution in [3.63, 3.8) is 0 Å². The quantitative estimate of drug-likeness (QED) is 0.690. The Bertz CT molecular complexity index is 248. The van der Waals surface area contributed by atoms with E-state index in [0.717, 1.165) is 0 Å². The van der Waals surface area contributed by atoms with E-state index in [4.69, 9.17) is 4.74 Å². The zero-order valence-corrected chi connectivity index (χ0v) is 9.51. The molecule has 0 amide bonds. The first-order chi connectivity index (χ1) is 7.32. The van der Waals surface area contributed by atoms with Crippen LogP contribution in [0.4, 0.5) is 13.2 Å². The van der Waals surface area contributed by atoms with Gasteiger partial charge in [0.2, 0.25) is 0 Å². The van der Waals surface area contributed by atoms with E-state index in [2.05, 4.69) is 0 Å². The van der Waals surface area contributed by atoms with Crippen molar-refractivity contribution in [2.45, 2.75) is 51.8 Å². The fourth-order valence-electron chi connectivity index (χ4n) is 2.12. The third kappa shape index (κ3) is 3.39. The van der Waals surface area contributed by atoms with Gasteiger partial charge in [0.05, 0.1) is 17.9 Å². The van der Waals surface area contributed by atoms with Crippen molar-refractivity contribution in [2.75, 3.05) is 0 Å². The van der Waals surface area contributed by atoms with Gasteiger partial charge in [0, 0.05) is 0 Å². The molecule has 0 heterocycles. The van der Waals surface area contributed by atoms with Crippen molar-refractivity contribution < 1.29 is 22.7 Å². The predicted octanol–water partition coefficient (Wildman–Crippen LogP) is 3.31. The largest absolute Gasteiger partial charge is 0.463 e. The van der Waals surface area contributed by atoms with Gasteiger partial charge in [0.15, 0.2) is 0 Å². The number of carbonyl (C=O) groups excluding carboxylic acids is 1. The molecule has 0 N–H and O–H groups in total. The standard InChI is InChI=1S/C11H17F3O2/c1-7(2)16-10(15)8-5-3-4-6-9(8)11(12,13)14/h7-9H,3-6H2,1-2H3. The molecule has 0 aromatic rings. The molecular weight excluding hydrogens is 221 g/mol. The van der Waals surface area contributed by atoms with Gasteiger partial charge in [-0.1, -0.05) is 12.8 Å². The molecule has 2 nitrogen and oxygen atoms in total. The van der Waals surface area contributed by atoms with E-state index in [1.54, 1.807) is 13.8 Å². The second-order valence-electron chi connectivity index (χ2n) is 4.52. The second kappa shape index (κ2) is 5.06. The van der Waals surface area contributed by atoms with Gasteiger partial charge in [-0.05, 0) is 26.7 Å². The summed E-state index contributed by atoms with van der Waals surface area (Å²) in [5, 5.41) is 0. The Hall–Kier alpha value is -0.740. The Morgan fingerprint density at radius 3 is 2.31 bits per heavy atom. The topological polar surface area (TPSA) is 26.3 Å². The van der Waals surface area contributed by atoms with Crippen LogP contribution in [0.15, 0.2) is 0 Å². The Balaban J connectivity index is 2.70. The minimum Gasteiger partial charge on any atom is -0.463 e. The molecule has 1 aliphatic rings. The summed E-state index contributed by atoms with van der Waals surface area (Å²) in [5.74, 6) is -3.22. The molecule has 2 unspecified atom stereocenters. The number of carbonyl (C=O) groups is 1. The van der Waals surface area contributed by atoms with Gasteiger partial charge >= 0.3 is 12.1 Å². The molecule has 0 aromatic carbocycles. The van der Waals surface area contributed by atoms with Crippen molar-refractivity contribution in [1.82, 2.24) is 0 Å². The van der Waals surface area contributed by atoms with Crippen molar-refractivity contribution in [1.29, 1.82) is 0 Å². The SMILES string of the molecule is CC(C)OC(=O)C1CCCCC1C(F)(F)F. The third-order valence-electron chi connectivity index (χ3n) is 2.84. The third-order valence-corrected chi connectivity index (χ3v) is 2.84. The summed E-state index contributed by atoms with van der Waals surface area (Å²) in [6, 6.07) is 0. The molecule has 1 fully saturated rings. The van der Waals surface area contributed by atoms with Crippen molar-refractivity contribution >= 4 is 5.97 Å². The van der Waals surface area contributed by atoms with Crippen LogP contribution in [-0.4, -0.2) is 18.2 Å². The number of esters is 1. The van der Waals surface area contributed by atoms with E-state index in [1.165, 1.54) is 0 Å². The first-order valence-corrected chi connectivity index (χ1v) is 5.59. The molecule has 0 saturated heterocycles. The summed E-state index contributed by atoms with van der Waals surface area (Å²) in [6.07, 6.45) is -3.11. The second-order valence-corrected chi connectivity index (χ2v) is 4.52. The van der Waals surface area contributed by atoms with Gasteiger partial charge in [-0.25, -0.2) is 0 Å². The minimum atomic E-state index is -4.29. The van der Waals surface area contributed by atoms with Crippen molar-refractivity contribution in [3.8, 4) is 0 Å². The molecule has 5 heteroatoms. The summed E-state index contributed by atoms with van der Waals surface area (Å²) in [5.41, 5.74) is 0. The fraction of sp³-hybridized carbons (Fsp3) is 0.909. The summed E-state index contributed by atoms with van der Waals surface area (Å²) in [7, 11) is 0. The summed E-state index contributed by atoms with van der Waals surface area (Å²) >= 11 is 0. The van der Waals surface area contributed by atoms with Crippen LogP contribution in [0.5, 0.6) is 0 Å². The van der Waals surface area contributed by atoms with E-state index in [-0.39, 0.29) is 18.9 Å². The summed E-state index contributed by atoms with van der Waals surface area (Å²) in [4.78, 5) is 11.5. The molecule has 94 valence electrons. The maximum absolute atomic E-state index is 12.7. The van der Waals surface area contributed by atoms with Crippen LogP contribution in [0.1, 0.15) is 39.5 Å². The van der Waals surface area contributed by atoms with Gasteiger partial charge in [0.1, 0.15) is 0 Å². The Morgan fingerprint density at radius 2 is 1.81 bits per heavy atom. The van der Waals surface area contributed by atoms with Gasteiger partial charge in [0.25, 0.3) is 0 Å². The maximum Gasteiger partial charge on any atom is 0.392 e. The zero-order valence-electron chi connectivity index (χ0n) is 9.51. The van der Waals surface area contributed by atoms with Crippen LogP contribution in [0.3, 0.4) is 0 Å². The molecule has 0 radical (unpaired) electrons. The number of ether oxygens (including phenoxy) is 1. The Morgan fingerprint density at radius 1 is 1.25 bits per heavy atom. The molecule has 0 spiro atoms. The average molecular weight is 238 g/mol. The first-order valence-electron chi connectivity index (χ1n) is 5.59. The number of alkyl halides is 3. The van der Waals surface area contributed by atoms with E-state index in [1.807, 2.05) is 0 Å². The lowest BCUT2D eigenvalue weighted by Crippen LogP contribution is -2.38. The van der Waals surface area contributed by atoms with E-state index < -0.39 is 24.0 Å². The molecule has 0 bridgehead atoms. The molecule has 0 aliphatic heterocycles. The van der Waals surface area contributed by atoms with Crippen molar-refractivity contribution in [2.24, 2.45) is 11.8 Å². The Labute approximate surface area is 93.2 Å². The van der Waals surface area contributed by atoms with E-state index in [9.17, 15) is 18.0 Å². The number of rotatable bonds is 2. The molecular formula is C11H17F3O2. The first kappa shape index (κ1) is 13.3. The Kier molecular flexibility index (Phi) is 4.21. The lowest BCUT2D eigenvalue weighted by molar-refractivity contribution is -0.206. The van der Waals surface area contributed by atoms with Gasteiger partial charge in [-0.2, -0.15) is 13.2 Å². The zero-order chi connectivity index (χ0) is 12.3. The molecule has 1 rings (SSSR count). The lowest BCUT2D eigenvalue weighted by atomic mass is 9.79. The molecule has 0 aromatic heterocycles. The fourth-order valence-corrected chi connectivity index (χ4v) is 2.12. The predicted molar refractivity (Wildman–Crippen MR) is 52.7 cm³/mol. The summed E-state index contributed by atoms with van der Waals surface area (Å²) < 4.78 is 42.9. The monoisotopic (exact) mass is 238 g/mol. The minimum absolute atomic E-state index is 0.0430. The maximum atomic E-state index is 12.7. The van der Waals surface area contributed by atoms with E-state index in [0.29, 0.717) is 12.8 Å². The van der Waals surface area contributed by atoms with Gasteiger partial charge in [-0.3, -0.25) is 4.79 Å². The highest BCUT2D eigenvalue weighted by molar-refractivity contribution is 5.73.